The molecule has 1 aromatic rings. The van der Waals surface area contributed by atoms with E-state index in [1.54, 1.807) is 0 Å². The third-order valence-corrected chi connectivity index (χ3v) is 5.17. The monoisotopic (exact) mass is 277 g/mol. The van der Waals surface area contributed by atoms with E-state index in [-0.39, 0.29) is 0 Å². The number of hydrogen-bond acceptors (Lipinski definition) is 2. The van der Waals surface area contributed by atoms with Crippen LogP contribution in [0.5, 0.6) is 0 Å². The molecule has 2 rings (SSSR count). The van der Waals surface area contributed by atoms with Gasteiger partial charge in [0.05, 0.1) is 0 Å². The molecule has 1 aromatic carbocycles. The molecule has 0 aromatic heterocycles. The van der Waals surface area contributed by atoms with Gasteiger partial charge in [-0.25, -0.2) is 0 Å². The van der Waals surface area contributed by atoms with Crippen molar-refractivity contribution in [2.24, 2.45) is 11.8 Å². The second kappa shape index (κ2) is 8.65. The fourth-order valence-electron chi connectivity index (χ4n) is 2.81. The Bertz CT molecular complexity index is 330. The van der Waals surface area contributed by atoms with Gasteiger partial charge in [0.1, 0.15) is 0 Å². The van der Waals surface area contributed by atoms with Gasteiger partial charge < -0.3 is 5.32 Å². The fourth-order valence-corrected chi connectivity index (χ4v) is 3.64. The van der Waals surface area contributed by atoms with E-state index in [1.807, 2.05) is 11.8 Å². The molecule has 0 bridgehead atoms. The summed E-state index contributed by atoms with van der Waals surface area (Å²) in [6, 6.07) is 10.7. The Morgan fingerprint density at radius 3 is 2.53 bits per heavy atom. The quantitative estimate of drug-likeness (QED) is 0.578. The maximum Gasteiger partial charge on any atom is 0.0106 e. The van der Waals surface area contributed by atoms with Crippen molar-refractivity contribution in [1.82, 2.24) is 5.32 Å². The van der Waals surface area contributed by atoms with E-state index < -0.39 is 0 Å². The average molecular weight is 277 g/mol. The minimum atomic E-state index is 0.978. The van der Waals surface area contributed by atoms with Gasteiger partial charge in [-0.05, 0) is 36.9 Å². The molecule has 0 saturated heterocycles. The fraction of sp³-hybridized carbons (Fsp3) is 0.647. The third kappa shape index (κ3) is 6.01. The van der Waals surface area contributed by atoms with Gasteiger partial charge in [0.25, 0.3) is 0 Å². The molecule has 2 heteroatoms. The van der Waals surface area contributed by atoms with E-state index in [0.717, 1.165) is 18.4 Å². The Labute approximate surface area is 122 Å². The van der Waals surface area contributed by atoms with Crippen molar-refractivity contribution in [2.45, 2.75) is 43.9 Å². The zero-order chi connectivity index (χ0) is 13.3. The van der Waals surface area contributed by atoms with Crippen LogP contribution in [0.4, 0.5) is 0 Å². The first-order valence-electron chi connectivity index (χ1n) is 7.73. The Morgan fingerprint density at radius 1 is 1.05 bits per heavy atom. The molecule has 1 nitrogen and oxygen atoms in total. The van der Waals surface area contributed by atoms with Gasteiger partial charge in [0, 0.05) is 17.2 Å². The van der Waals surface area contributed by atoms with Crippen LogP contribution in [-0.4, -0.2) is 18.8 Å². The van der Waals surface area contributed by atoms with Crippen LogP contribution in [-0.2, 0) is 0 Å². The first-order valence-corrected chi connectivity index (χ1v) is 8.71. The zero-order valence-electron chi connectivity index (χ0n) is 12.1. The lowest BCUT2D eigenvalue weighted by Gasteiger charge is -2.26. The summed E-state index contributed by atoms with van der Waals surface area (Å²) in [5, 5.41) is 3.59. The SMILES string of the molecule is CC1CCC(CCNCCSc2ccccc2)CC1. The van der Waals surface area contributed by atoms with Gasteiger partial charge >= 0.3 is 0 Å². The van der Waals surface area contributed by atoms with Crippen LogP contribution in [0.2, 0.25) is 0 Å². The maximum absolute atomic E-state index is 3.59. The predicted octanol–water partition coefficient (Wildman–Crippen LogP) is 4.58. The summed E-state index contributed by atoms with van der Waals surface area (Å²) in [4.78, 5) is 1.38. The lowest BCUT2D eigenvalue weighted by atomic mass is 9.81. The van der Waals surface area contributed by atoms with Crippen molar-refractivity contribution in [3.8, 4) is 0 Å². The molecule has 0 amide bonds. The molecule has 0 atom stereocenters. The molecule has 1 saturated carbocycles. The van der Waals surface area contributed by atoms with Crippen molar-refractivity contribution >= 4 is 11.8 Å². The Hall–Kier alpha value is -0.470. The van der Waals surface area contributed by atoms with Crippen molar-refractivity contribution in [3.63, 3.8) is 0 Å². The molecule has 0 spiro atoms. The molecule has 1 aliphatic rings. The third-order valence-electron chi connectivity index (χ3n) is 4.16. The molecular formula is C17H27NS. The average Bonchev–Trinajstić information content (AvgIpc) is 2.46. The van der Waals surface area contributed by atoms with E-state index in [1.165, 1.54) is 49.3 Å². The van der Waals surface area contributed by atoms with Crippen LogP contribution in [0.3, 0.4) is 0 Å². The molecule has 19 heavy (non-hydrogen) atoms. The molecule has 0 aliphatic heterocycles. The summed E-state index contributed by atoms with van der Waals surface area (Å²) in [6.45, 7) is 4.73. The molecule has 0 radical (unpaired) electrons. The first-order chi connectivity index (χ1) is 9.34. The standard InChI is InChI=1S/C17H27NS/c1-15-7-9-16(10-8-15)11-12-18-13-14-19-17-5-3-2-4-6-17/h2-6,15-16,18H,7-14H2,1H3. The molecule has 0 heterocycles. The summed E-state index contributed by atoms with van der Waals surface area (Å²) >= 11 is 1.94. The van der Waals surface area contributed by atoms with Crippen LogP contribution in [0.15, 0.2) is 35.2 Å². The van der Waals surface area contributed by atoms with Crippen LogP contribution < -0.4 is 5.32 Å². The minimum Gasteiger partial charge on any atom is -0.316 e. The number of benzene rings is 1. The lowest BCUT2D eigenvalue weighted by molar-refractivity contribution is 0.276. The summed E-state index contributed by atoms with van der Waals surface area (Å²) < 4.78 is 0. The molecule has 1 N–H and O–H groups in total. The topological polar surface area (TPSA) is 12.0 Å². The van der Waals surface area contributed by atoms with Crippen LogP contribution in [0.1, 0.15) is 39.0 Å². The Morgan fingerprint density at radius 2 is 1.79 bits per heavy atom. The predicted molar refractivity (Wildman–Crippen MR) is 85.8 cm³/mol. The van der Waals surface area contributed by atoms with Crippen molar-refractivity contribution in [2.75, 3.05) is 18.8 Å². The number of thioether (sulfide) groups is 1. The van der Waals surface area contributed by atoms with Crippen molar-refractivity contribution < 1.29 is 0 Å². The van der Waals surface area contributed by atoms with E-state index in [0.29, 0.717) is 0 Å². The summed E-state index contributed by atoms with van der Waals surface area (Å²) in [7, 11) is 0. The van der Waals surface area contributed by atoms with Gasteiger partial charge in [-0.3, -0.25) is 0 Å². The zero-order valence-corrected chi connectivity index (χ0v) is 12.9. The molecule has 106 valence electrons. The van der Waals surface area contributed by atoms with Gasteiger partial charge in [-0.2, -0.15) is 0 Å². The van der Waals surface area contributed by atoms with Crippen molar-refractivity contribution in [1.29, 1.82) is 0 Å². The largest absolute Gasteiger partial charge is 0.316 e. The van der Waals surface area contributed by atoms with Gasteiger partial charge in [0.15, 0.2) is 0 Å². The summed E-state index contributed by atoms with van der Waals surface area (Å²) in [6.07, 6.45) is 7.20. The number of hydrogen-bond donors (Lipinski definition) is 1. The van der Waals surface area contributed by atoms with E-state index >= 15 is 0 Å². The molecular weight excluding hydrogens is 250 g/mol. The smallest absolute Gasteiger partial charge is 0.0106 e. The second-order valence-corrected chi connectivity index (χ2v) is 6.99. The minimum absolute atomic E-state index is 0.978. The van der Waals surface area contributed by atoms with E-state index in [2.05, 4.69) is 42.6 Å². The van der Waals surface area contributed by atoms with Gasteiger partial charge in [-0.1, -0.05) is 50.8 Å². The highest BCUT2D eigenvalue weighted by molar-refractivity contribution is 7.99. The highest BCUT2D eigenvalue weighted by Gasteiger charge is 2.17. The van der Waals surface area contributed by atoms with E-state index in [4.69, 9.17) is 0 Å². The maximum atomic E-state index is 3.59. The Kier molecular flexibility index (Phi) is 6.80. The summed E-state index contributed by atoms with van der Waals surface area (Å²) in [5.74, 6) is 3.14. The molecule has 0 unspecified atom stereocenters. The second-order valence-electron chi connectivity index (χ2n) is 5.83. The van der Waals surface area contributed by atoms with Crippen LogP contribution in [0.25, 0.3) is 0 Å². The first kappa shape index (κ1) is 14.9. The van der Waals surface area contributed by atoms with Crippen molar-refractivity contribution in [3.05, 3.63) is 30.3 Å². The summed E-state index contributed by atoms with van der Waals surface area (Å²) in [5.41, 5.74) is 0. The number of nitrogens with one attached hydrogen (secondary N) is 1. The van der Waals surface area contributed by atoms with Crippen LogP contribution >= 0.6 is 11.8 Å². The van der Waals surface area contributed by atoms with Gasteiger partial charge in [0.2, 0.25) is 0 Å². The molecule has 1 fully saturated rings. The van der Waals surface area contributed by atoms with Crippen LogP contribution in [0, 0.1) is 11.8 Å². The number of rotatable bonds is 7. The normalized spacial score (nSPS) is 23.4. The highest BCUT2D eigenvalue weighted by Crippen LogP contribution is 2.29. The highest BCUT2D eigenvalue weighted by atomic mass is 32.2. The molecule has 1 aliphatic carbocycles. The van der Waals surface area contributed by atoms with E-state index in [9.17, 15) is 0 Å². The Balaban J connectivity index is 1.46. The lowest BCUT2D eigenvalue weighted by Crippen LogP contribution is -2.22. The van der Waals surface area contributed by atoms with Gasteiger partial charge in [-0.15, -0.1) is 11.8 Å².